The van der Waals surface area contributed by atoms with Crippen molar-refractivity contribution in [2.75, 3.05) is 0 Å². The molecule has 5 heteroatoms. The van der Waals surface area contributed by atoms with Gasteiger partial charge in [-0.1, -0.05) is 12.8 Å². The third-order valence-corrected chi connectivity index (χ3v) is 3.36. The molecule has 2 aromatic heterocycles. The molecular formula is C11H14N4O. The molecule has 0 spiro atoms. The van der Waals surface area contributed by atoms with Gasteiger partial charge in [-0.15, -0.1) is 0 Å². The fraction of sp³-hybridized carbons (Fsp3) is 0.545. The molecule has 5 nitrogen and oxygen atoms in total. The van der Waals surface area contributed by atoms with Gasteiger partial charge in [-0.3, -0.25) is 9.48 Å². The second-order valence-corrected chi connectivity index (χ2v) is 4.43. The fourth-order valence-corrected chi connectivity index (χ4v) is 2.50. The number of H-pyrrole nitrogens is 1. The van der Waals surface area contributed by atoms with Crippen molar-refractivity contribution in [3.63, 3.8) is 0 Å². The molecule has 0 bridgehead atoms. The van der Waals surface area contributed by atoms with E-state index in [-0.39, 0.29) is 5.56 Å². The molecule has 84 valence electrons. The van der Waals surface area contributed by atoms with Crippen LogP contribution < -0.4 is 5.56 Å². The number of nitrogens with one attached hydrogen (secondary N) is 1. The molecule has 2 aromatic rings. The molecule has 0 atom stereocenters. The molecule has 0 aliphatic heterocycles. The van der Waals surface area contributed by atoms with Crippen LogP contribution in [0.5, 0.6) is 0 Å². The third kappa shape index (κ3) is 1.35. The van der Waals surface area contributed by atoms with E-state index in [1.807, 2.05) is 0 Å². The number of fused-ring (bicyclic) bond motifs is 1. The van der Waals surface area contributed by atoms with E-state index >= 15 is 0 Å². The van der Waals surface area contributed by atoms with Crippen LogP contribution in [0.25, 0.3) is 11.0 Å². The predicted octanol–water partition coefficient (Wildman–Crippen LogP) is 1.31. The lowest BCUT2D eigenvalue weighted by Crippen LogP contribution is -2.15. The SMILES string of the molecule is Cn1ncc2nc(C3CCCC3)[nH]c(=O)c21. The Kier molecular flexibility index (Phi) is 2.05. The summed E-state index contributed by atoms with van der Waals surface area (Å²) in [6.45, 7) is 0. The molecule has 1 aliphatic rings. The van der Waals surface area contributed by atoms with Crippen molar-refractivity contribution in [3.8, 4) is 0 Å². The van der Waals surface area contributed by atoms with E-state index in [0.29, 0.717) is 17.0 Å². The molecule has 0 saturated heterocycles. The van der Waals surface area contributed by atoms with Crippen molar-refractivity contribution in [2.45, 2.75) is 31.6 Å². The highest BCUT2D eigenvalue weighted by molar-refractivity contribution is 5.72. The van der Waals surface area contributed by atoms with Gasteiger partial charge in [0.2, 0.25) is 0 Å². The summed E-state index contributed by atoms with van der Waals surface area (Å²) >= 11 is 0. The van der Waals surface area contributed by atoms with Crippen molar-refractivity contribution >= 4 is 11.0 Å². The molecule has 0 unspecified atom stereocenters. The number of hydrogen-bond donors (Lipinski definition) is 1. The van der Waals surface area contributed by atoms with E-state index < -0.39 is 0 Å². The first-order valence-electron chi connectivity index (χ1n) is 5.67. The molecule has 2 heterocycles. The van der Waals surface area contributed by atoms with E-state index in [2.05, 4.69) is 15.1 Å². The Morgan fingerprint density at radius 1 is 1.44 bits per heavy atom. The van der Waals surface area contributed by atoms with Crippen LogP contribution in [0, 0.1) is 0 Å². The number of nitrogens with zero attached hydrogens (tertiary/aromatic N) is 3. The van der Waals surface area contributed by atoms with E-state index in [1.165, 1.54) is 12.8 Å². The quantitative estimate of drug-likeness (QED) is 0.785. The van der Waals surface area contributed by atoms with Crippen LogP contribution >= 0.6 is 0 Å². The minimum Gasteiger partial charge on any atom is -0.308 e. The first-order chi connectivity index (χ1) is 7.75. The molecule has 0 aromatic carbocycles. The smallest absolute Gasteiger partial charge is 0.277 e. The standard InChI is InChI=1S/C11H14N4O/c1-15-9-8(6-12-15)13-10(14-11(9)16)7-4-2-3-5-7/h6-7H,2-5H2,1H3,(H,13,14,16). The van der Waals surface area contributed by atoms with Gasteiger partial charge in [-0.25, -0.2) is 4.98 Å². The summed E-state index contributed by atoms with van der Waals surface area (Å²) in [6.07, 6.45) is 6.39. The van der Waals surface area contributed by atoms with E-state index in [0.717, 1.165) is 18.7 Å². The van der Waals surface area contributed by atoms with Crippen LogP contribution in [-0.4, -0.2) is 19.7 Å². The van der Waals surface area contributed by atoms with Crippen LogP contribution in [0.3, 0.4) is 0 Å². The summed E-state index contributed by atoms with van der Waals surface area (Å²) < 4.78 is 1.57. The van der Waals surface area contributed by atoms with Crippen LogP contribution in [0.4, 0.5) is 0 Å². The second kappa shape index (κ2) is 3.43. The number of aromatic amines is 1. The van der Waals surface area contributed by atoms with E-state index in [1.54, 1.807) is 17.9 Å². The highest BCUT2D eigenvalue weighted by atomic mass is 16.1. The number of hydrogen-bond acceptors (Lipinski definition) is 3. The number of rotatable bonds is 1. The summed E-state index contributed by atoms with van der Waals surface area (Å²) in [4.78, 5) is 19.3. The molecule has 1 saturated carbocycles. The van der Waals surface area contributed by atoms with Gasteiger partial charge in [0.15, 0.2) is 5.52 Å². The average molecular weight is 218 g/mol. The van der Waals surface area contributed by atoms with Crippen molar-refractivity contribution in [1.29, 1.82) is 0 Å². The minimum absolute atomic E-state index is 0.0769. The van der Waals surface area contributed by atoms with Crippen LogP contribution in [0.15, 0.2) is 11.0 Å². The summed E-state index contributed by atoms with van der Waals surface area (Å²) in [6, 6.07) is 0. The molecule has 1 fully saturated rings. The Balaban J connectivity index is 2.17. The number of aryl methyl sites for hydroxylation is 1. The molecule has 1 N–H and O–H groups in total. The van der Waals surface area contributed by atoms with Crippen molar-refractivity contribution in [2.24, 2.45) is 7.05 Å². The monoisotopic (exact) mass is 218 g/mol. The van der Waals surface area contributed by atoms with Gasteiger partial charge in [0.1, 0.15) is 11.3 Å². The maximum Gasteiger partial charge on any atom is 0.277 e. The highest BCUT2D eigenvalue weighted by Crippen LogP contribution is 2.31. The third-order valence-electron chi connectivity index (χ3n) is 3.36. The lowest BCUT2D eigenvalue weighted by atomic mass is 10.1. The first kappa shape index (κ1) is 9.57. The summed E-state index contributed by atoms with van der Waals surface area (Å²) in [5.74, 6) is 1.26. The van der Waals surface area contributed by atoms with Gasteiger partial charge in [0.05, 0.1) is 6.20 Å². The highest BCUT2D eigenvalue weighted by Gasteiger charge is 2.20. The van der Waals surface area contributed by atoms with E-state index in [9.17, 15) is 4.79 Å². The normalized spacial score (nSPS) is 17.3. The molecular weight excluding hydrogens is 204 g/mol. The van der Waals surface area contributed by atoms with Crippen molar-refractivity contribution < 1.29 is 0 Å². The summed E-state index contributed by atoms with van der Waals surface area (Å²) in [5.41, 5.74) is 1.18. The van der Waals surface area contributed by atoms with Gasteiger partial charge in [-0.2, -0.15) is 5.10 Å². The zero-order chi connectivity index (χ0) is 11.1. The van der Waals surface area contributed by atoms with Crippen molar-refractivity contribution in [3.05, 3.63) is 22.4 Å². The van der Waals surface area contributed by atoms with E-state index in [4.69, 9.17) is 0 Å². The maximum absolute atomic E-state index is 11.9. The first-order valence-corrected chi connectivity index (χ1v) is 5.67. The Morgan fingerprint density at radius 3 is 2.94 bits per heavy atom. The van der Waals surface area contributed by atoms with Gasteiger partial charge in [0, 0.05) is 13.0 Å². The van der Waals surface area contributed by atoms with Crippen molar-refractivity contribution in [1.82, 2.24) is 19.7 Å². The largest absolute Gasteiger partial charge is 0.308 e. The van der Waals surface area contributed by atoms with Gasteiger partial charge >= 0.3 is 0 Å². The summed E-state index contributed by atoms with van der Waals surface area (Å²) in [5, 5.41) is 4.06. The topological polar surface area (TPSA) is 63.6 Å². The lowest BCUT2D eigenvalue weighted by molar-refractivity contribution is 0.668. The fourth-order valence-electron chi connectivity index (χ4n) is 2.50. The molecule has 3 rings (SSSR count). The van der Waals surface area contributed by atoms with Gasteiger partial charge in [-0.05, 0) is 12.8 Å². The Morgan fingerprint density at radius 2 is 2.19 bits per heavy atom. The zero-order valence-electron chi connectivity index (χ0n) is 9.23. The lowest BCUT2D eigenvalue weighted by Gasteiger charge is -2.07. The molecule has 0 radical (unpaired) electrons. The number of aromatic nitrogens is 4. The Bertz CT molecular complexity index is 577. The van der Waals surface area contributed by atoms with Crippen LogP contribution in [0.2, 0.25) is 0 Å². The molecule has 1 aliphatic carbocycles. The Labute approximate surface area is 92.5 Å². The average Bonchev–Trinajstić information content (AvgIpc) is 2.87. The Hall–Kier alpha value is -1.65. The molecule has 0 amide bonds. The zero-order valence-corrected chi connectivity index (χ0v) is 9.23. The van der Waals surface area contributed by atoms with Crippen LogP contribution in [-0.2, 0) is 7.05 Å². The predicted molar refractivity (Wildman–Crippen MR) is 60.3 cm³/mol. The minimum atomic E-state index is -0.0769. The van der Waals surface area contributed by atoms with Crippen LogP contribution in [0.1, 0.15) is 37.4 Å². The molecule has 16 heavy (non-hydrogen) atoms. The van der Waals surface area contributed by atoms with Gasteiger partial charge in [0.25, 0.3) is 5.56 Å². The summed E-state index contributed by atoms with van der Waals surface area (Å²) in [7, 11) is 1.76. The maximum atomic E-state index is 11.9. The second-order valence-electron chi connectivity index (χ2n) is 4.43. The van der Waals surface area contributed by atoms with Gasteiger partial charge < -0.3 is 4.98 Å².